The van der Waals surface area contributed by atoms with Crippen molar-refractivity contribution in [2.24, 2.45) is 0 Å². The highest BCUT2D eigenvalue weighted by atomic mass is 16.5. The standard InChI is InChI=1S/C16H32N2O/c1-18(2)16(11-7-4-8-12-16)13-17-14-9-5-6-10-15(14)19-3/h14-15,17H,4-13H2,1-3H3. The lowest BCUT2D eigenvalue weighted by atomic mass is 9.80. The summed E-state index contributed by atoms with van der Waals surface area (Å²) in [5.74, 6) is 0. The molecule has 3 heteroatoms. The largest absolute Gasteiger partial charge is 0.380 e. The number of hydrogen-bond acceptors (Lipinski definition) is 3. The zero-order valence-electron chi connectivity index (χ0n) is 13.1. The maximum atomic E-state index is 5.66. The lowest BCUT2D eigenvalue weighted by Gasteiger charge is -2.45. The van der Waals surface area contributed by atoms with Crippen LogP contribution in [-0.2, 0) is 4.74 Å². The van der Waals surface area contributed by atoms with Gasteiger partial charge in [0.05, 0.1) is 6.10 Å². The smallest absolute Gasteiger partial charge is 0.0724 e. The second-order valence-corrected chi connectivity index (χ2v) is 6.73. The molecule has 0 heterocycles. The van der Waals surface area contributed by atoms with Crippen molar-refractivity contribution in [3.05, 3.63) is 0 Å². The van der Waals surface area contributed by atoms with E-state index in [-0.39, 0.29) is 0 Å². The molecule has 2 unspecified atom stereocenters. The van der Waals surface area contributed by atoms with E-state index in [0.29, 0.717) is 17.7 Å². The highest BCUT2D eigenvalue weighted by Crippen LogP contribution is 2.32. The van der Waals surface area contributed by atoms with Gasteiger partial charge in [-0.15, -0.1) is 0 Å². The maximum absolute atomic E-state index is 5.66. The fraction of sp³-hybridized carbons (Fsp3) is 1.00. The molecule has 0 bridgehead atoms. The van der Waals surface area contributed by atoms with Crippen LogP contribution in [0.2, 0.25) is 0 Å². The Morgan fingerprint density at radius 2 is 1.74 bits per heavy atom. The molecule has 3 nitrogen and oxygen atoms in total. The minimum atomic E-state index is 0.383. The average molecular weight is 268 g/mol. The summed E-state index contributed by atoms with van der Waals surface area (Å²) in [5.41, 5.74) is 0.383. The van der Waals surface area contributed by atoms with Crippen LogP contribution in [0.5, 0.6) is 0 Å². The van der Waals surface area contributed by atoms with Crippen molar-refractivity contribution in [2.75, 3.05) is 27.7 Å². The number of hydrogen-bond donors (Lipinski definition) is 1. The van der Waals surface area contributed by atoms with E-state index in [4.69, 9.17) is 4.74 Å². The van der Waals surface area contributed by atoms with Crippen LogP contribution in [-0.4, -0.2) is 50.3 Å². The van der Waals surface area contributed by atoms with Crippen LogP contribution in [0.25, 0.3) is 0 Å². The van der Waals surface area contributed by atoms with E-state index in [0.717, 1.165) is 6.54 Å². The first-order chi connectivity index (χ1) is 9.18. The lowest BCUT2D eigenvalue weighted by molar-refractivity contribution is 0.0289. The van der Waals surface area contributed by atoms with Crippen LogP contribution in [0.1, 0.15) is 57.8 Å². The van der Waals surface area contributed by atoms with Gasteiger partial charge in [0, 0.05) is 25.2 Å². The van der Waals surface area contributed by atoms with Gasteiger partial charge in [-0.25, -0.2) is 0 Å². The molecule has 0 saturated heterocycles. The third-order valence-electron chi connectivity index (χ3n) is 5.43. The second kappa shape index (κ2) is 7.05. The maximum Gasteiger partial charge on any atom is 0.0724 e. The van der Waals surface area contributed by atoms with Crippen molar-refractivity contribution >= 4 is 0 Å². The van der Waals surface area contributed by atoms with Crippen LogP contribution in [0.15, 0.2) is 0 Å². The Labute approximate surface area is 119 Å². The Kier molecular flexibility index (Phi) is 5.67. The van der Waals surface area contributed by atoms with Gasteiger partial charge in [-0.05, 0) is 39.8 Å². The summed E-state index contributed by atoms with van der Waals surface area (Å²) in [6.45, 7) is 1.13. The molecule has 2 saturated carbocycles. The summed E-state index contributed by atoms with van der Waals surface area (Å²) in [6, 6.07) is 0.567. The SMILES string of the molecule is COC1CCCCC1NCC1(N(C)C)CCCCC1. The molecule has 0 aromatic heterocycles. The zero-order chi connectivity index (χ0) is 13.7. The molecule has 2 aliphatic carbocycles. The van der Waals surface area contributed by atoms with Gasteiger partial charge in [0.2, 0.25) is 0 Å². The molecular formula is C16H32N2O. The predicted molar refractivity (Wildman–Crippen MR) is 80.6 cm³/mol. The first-order valence-corrected chi connectivity index (χ1v) is 8.11. The summed E-state index contributed by atoms with van der Waals surface area (Å²) in [4.78, 5) is 2.46. The number of nitrogens with one attached hydrogen (secondary N) is 1. The quantitative estimate of drug-likeness (QED) is 0.830. The molecule has 2 atom stereocenters. The first-order valence-electron chi connectivity index (χ1n) is 8.11. The minimum Gasteiger partial charge on any atom is -0.380 e. The molecule has 0 aromatic rings. The molecule has 2 fully saturated rings. The van der Waals surface area contributed by atoms with Gasteiger partial charge in [-0.1, -0.05) is 32.1 Å². The van der Waals surface area contributed by atoms with E-state index in [1.165, 1.54) is 57.8 Å². The van der Waals surface area contributed by atoms with Gasteiger partial charge in [-0.3, -0.25) is 0 Å². The molecule has 112 valence electrons. The van der Waals surface area contributed by atoms with Crippen molar-refractivity contribution < 1.29 is 4.74 Å². The number of ether oxygens (including phenoxy) is 1. The van der Waals surface area contributed by atoms with Crippen molar-refractivity contribution in [2.45, 2.75) is 75.5 Å². The Morgan fingerprint density at radius 3 is 2.37 bits per heavy atom. The number of methoxy groups -OCH3 is 1. The normalized spacial score (nSPS) is 31.6. The van der Waals surface area contributed by atoms with Crippen LogP contribution in [0.4, 0.5) is 0 Å². The van der Waals surface area contributed by atoms with Crippen LogP contribution < -0.4 is 5.32 Å². The highest BCUT2D eigenvalue weighted by molar-refractivity contribution is 4.94. The molecule has 2 aliphatic rings. The molecule has 0 spiro atoms. The first kappa shape index (κ1) is 15.3. The van der Waals surface area contributed by atoms with Gasteiger partial charge < -0.3 is 15.0 Å². The predicted octanol–water partition coefficient (Wildman–Crippen LogP) is 2.80. The lowest BCUT2D eigenvalue weighted by Crippen LogP contribution is -2.56. The molecule has 19 heavy (non-hydrogen) atoms. The second-order valence-electron chi connectivity index (χ2n) is 6.73. The van der Waals surface area contributed by atoms with E-state index in [2.05, 4.69) is 24.3 Å². The summed E-state index contributed by atoms with van der Waals surface area (Å²) in [7, 11) is 6.37. The zero-order valence-corrected chi connectivity index (χ0v) is 13.1. The Bertz CT molecular complexity index is 261. The number of rotatable bonds is 5. The van der Waals surface area contributed by atoms with Gasteiger partial charge >= 0.3 is 0 Å². The van der Waals surface area contributed by atoms with Crippen LogP contribution >= 0.6 is 0 Å². The minimum absolute atomic E-state index is 0.383. The van der Waals surface area contributed by atoms with Crippen molar-refractivity contribution in [3.63, 3.8) is 0 Å². The third-order valence-corrected chi connectivity index (χ3v) is 5.43. The third kappa shape index (κ3) is 3.71. The fourth-order valence-corrected chi connectivity index (χ4v) is 3.93. The molecule has 1 N–H and O–H groups in total. The van der Waals surface area contributed by atoms with E-state index in [1.54, 1.807) is 0 Å². The average Bonchev–Trinajstić information content (AvgIpc) is 2.46. The van der Waals surface area contributed by atoms with Crippen molar-refractivity contribution in [3.8, 4) is 0 Å². The van der Waals surface area contributed by atoms with Gasteiger partial charge in [0.1, 0.15) is 0 Å². The van der Waals surface area contributed by atoms with E-state index in [9.17, 15) is 0 Å². The van der Waals surface area contributed by atoms with Crippen LogP contribution in [0, 0.1) is 0 Å². The van der Waals surface area contributed by atoms with Crippen molar-refractivity contribution in [1.29, 1.82) is 0 Å². The molecular weight excluding hydrogens is 236 g/mol. The van der Waals surface area contributed by atoms with Gasteiger partial charge in [0.25, 0.3) is 0 Å². The molecule has 0 amide bonds. The highest BCUT2D eigenvalue weighted by Gasteiger charge is 2.35. The van der Waals surface area contributed by atoms with Gasteiger partial charge in [0.15, 0.2) is 0 Å². The molecule has 0 aromatic carbocycles. The molecule has 0 radical (unpaired) electrons. The number of likely N-dealkylation sites (N-methyl/N-ethyl adjacent to an activating group) is 1. The monoisotopic (exact) mass is 268 g/mol. The molecule has 2 rings (SSSR count). The Balaban J connectivity index is 1.90. The van der Waals surface area contributed by atoms with E-state index < -0.39 is 0 Å². The summed E-state index contributed by atoms with van der Waals surface area (Å²) in [6.07, 6.45) is 12.5. The Morgan fingerprint density at radius 1 is 1.05 bits per heavy atom. The molecule has 0 aliphatic heterocycles. The summed E-state index contributed by atoms with van der Waals surface area (Å²) < 4.78 is 5.66. The van der Waals surface area contributed by atoms with Gasteiger partial charge in [-0.2, -0.15) is 0 Å². The topological polar surface area (TPSA) is 24.5 Å². The van der Waals surface area contributed by atoms with Crippen LogP contribution in [0.3, 0.4) is 0 Å². The summed E-state index contributed by atoms with van der Waals surface area (Å²) >= 11 is 0. The number of nitrogens with zero attached hydrogens (tertiary/aromatic N) is 1. The van der Waals surface area contributed by atoms with E-state index >= 15 is 0 Å². The van der Waals surface area contributed by atoms with Crippen molar-refractivity contribution in [1.82, 2.24) is 10.2 Å². The fourth-order valence-electron chi connectivity index (χ4n) is 3.93. The summed E-state index contributed by atoms with van der Waals surface area (Å²) in [5, 5.41) is 3.85. The van der Waals surface area contributed by atoms with E-state index in [1.807, 2.05) is 7.11 Å². The Hall–Kier alpha value is -0.120.